The minimum absolute atomic E-state index is 0.00635. The third-order valence-corrected chi connectivity index (χ3v) is 4.96. The highest BCUT2D eigenvalue weighted by Crippen LogP contribution is 2.36. The largest absolute Gasteiger partial charge is 0.401 e. The molecule has 1 aliphatic rings. The Morgan fingerprint density at radius 2 is 1.92 bits per heavy atom. The predicted octanol–water partition coefficient (Wildman–Crippen LogP) is 4.57. The van der Waals surface area contributed by atoms with Gasteiger partial charge in [0, 0.05) is 23.5 Å². The molecule has 7 heteroatoms. The molecule has 0 bridgehead atoms. The lowest BCUT2D eigenvalue weighted by molar-refractivity contribution is -0.145. The van der Waals surface area contributed by atoms with Crippen LogP contribution in [0.25, 0.3) is 0 Å². The highest BCUT2D eigenvalue weighted by molar-refractivity contribution is 6.30. The predicted molar refractivity (Wildman–Crippen MR) is 92.4 cm³/mol. The molecule has 0 aliphatic carbocycles. The van der Waals surface area contributed by atoms with E-state index in [9.17, 15) is 18.0 Å². The second-order valence-corrected chi connectivity index (χ2v) is 7.04. The summed E-state index contributed by atoms with van der Waals surface area (Å²) in [6.07, 6.45) is -2.10. The number of hydrogen-bond acceptors (Lipinski definition) is 2. The van der Waals surface area contributed by atoms with Gasteiger partial charge in [-0.1, -0.05) is 37.6 Å². The molecule has 2 rings (SSSR count). The highest BCUT2D eigenvalue weighted by Gasteiger charge is 2.37. The van der Waals surface area contributed by atoms with Crippen molar-refractivity contribution in [1.29, 1.82) is 0 Å². The summed E-state index contributed by atoms with van der Waals surface area (Å²) in [4.78, 5) is 14.6. The normalized spacial score (nSPS) is 23.0. The molecular weight excluding hydrogens is 353 g/mol. The molecule has 1 amide bonds. The fourth-order valence-corrected chi connectivity index (χ4v) is 3.47. The van der Waals surface area contributed by atoms with Crippen LogP contribution < -0.4 is 5.32 Å². The third kappa shape index (κ3) is 5.35. The molecule has 3 atom stereocenters. The molecule has 1 N–H and O–H groups in total. The molecule has 1 saturated heterocycles. The number of carbonyl (C=O) groups excluding carboxylic acids is 1. The number of nitrogens with one attached hydrogen (secondary N) is 1. The molecule has 1 aromatic rings. The van der Waals surface area contributed by atoms with Gasteiger partial charge in [-0.15, -0.1) is 0 Å². The number of rotatable bonds is 6. The number of nitrogens with zero attached hydrogens (tertiary/aromatic N) is 1. The molecule has 25 heavy (non-hydrogen) atoms. The Bertz CT molecular complexity index is 577. The maximum absolute atomic E-state index is 12.8. The molecule has 0 spiro atoms. The van der Waals surface area contributed by atoms with Crippen LogP contribution in [-0.2, 0) is 4.79 Å². The molecule has 0 aromatic heterocycles. The van der Waals surface area contributed by atoms with Gasteiger partial charge in [-0.25, -0.2) is 0 Å². The fourth-order valence-electron chi connectivity index (χ4n) is 3.35. The van der Waals surface area contributed by atoms with E-state index in [0.29, 0.717) is 11.4 Å². The Morgan fingerprint density at radius 3 is 2.48 bits per heavy atom. The van der Waals surface area contributed by atoms with E-state index < -0.39 is 12.7 Å². The summed E-state index contributed by atoms with van der Waals surface area (Å²) in [6, 6.07) is 6.93. The second kappa shape index (κ2) is 8.41. The van der Waals surface area contributed by atoms with Crippen molar-refractivity contribution in [3.05, 3.63) is 34.9 Å². The molecule has 2 unspecified atom stereocenters. The molecule has 1 aromatic carbocycles. The zero-order valence-corrected chi connectivity index (χ0v) is 15.2. The monoisotopic (exact) mass is 376 g/mol. The smallest absolute Gasteiger partial charge is 0.331 e. The number of amides is 1. The first-order chi connectivity index (χ1) is 11.7. The van der Waals surface area contributed by atoms with Crippen LogP contribution in [-0.4, -0.2) is 36.1 Å². The van der Waals surface area contributed by atoms with Gasteiger partial charge < -0.3 is 10.2 Å². The van der Waals surface area contributed by atoms with Gasteiger partial charge in [0.15, 0.2) is 0 Å². The minimum Gasteiger partial charge on any atom is -0.331 e. The van der Waals surface area contributed by atoms with Crippen molar-refractivity contribution in [1.82, 2.24) is 10.2 Å². The Hall–Kier alpha value is -1.27. The van der Waals surface area contributed by atoms with E-state index in [2.05, 4.69) is 5.32 Å². The van der Waals surface area contributed by atoms with Crippen molar-refractivity contribution in [3.8, 4) is 0 Å². The zero-order valence-electron chi connectivity index (χ0n) is 14.4. The quantitative estimate of drug-likeness (QED) is 0.788. The van der Waals surface area contributed by atoms with Crippen LogP contribution in [0, 0.1) is 5.92 Å². The van der Waals surface area contributed by atoms with Gasteiger partial charge in [0.25, 0.3) is 0 Å². The average molecular weight is 377 g/mol. The van der Waals surface area contributed by atoms with Crippen molar-refractivity contribution in [2.45, 2.75) is 51.4 Å². The number of likely N-dealkylation sites (tertiary alicyclic amines) is 1. The van der Waals surface area contributed by atoms with Gasteiger partial charge in [-0.05, 0) is 37.0 Å². The molecular formula is C18H24ClF3N2O. The van der Waals surface area contributed by atoms with E-state index in [1.165, 1.54) is 0 Å². The number of carbonyl (C=O) groups is 1. The van der Waals surface area contributed by atoms with Crippen molar-refractivity contribution >= 4 is 17.5 Å². The lowest BCUT2D eigenvalue weighted by atomic mass is 9.87. The van der Waals surface area contributed by atoms with E-state index in [4.69, 9.17) is 11.6 Å². The standard InChI is InChI=1S/C18H24ClF3N2O/c1-3-15(10-23-11-18(20,21)22)24-16(9-4-12(2)17(24)25)13-5-7-14(19)8-6-13/h5-8,12,15-16,23H,3-4,9-11H2,1-2H3/t12?,15-,16?/m0/s1. The van der Waals surface area contributed by atoms with Crippen LogP contribution in [0.15, 0.2) is 24.3 Å². The van der Waals surface area contributed by atoms with Gasteiger partial charge in [0.05, 0.1) is 12.6 Å². The molecule has 0 radical (unpaired) electrons. The van der Waals surface area contributed by atoms with Crippen molar-refractivity contribution in [3.63, 3.8) is 0 Å². The van der Waals surface area contributed by atoms with Crippen LogP contribution in [0.3, 0.4) is 0 Å². The van der Waals surface area contributed by atoms with Crippen LogP contribution in [0.5, 0.6) is 0 Å². The first-order valence-electron chi connectivity index (χ1n) is 8.58. The van der Waals surface area contributed by atoms with Gasteiger partial charge in [0.1, 0.15) is 0 Å². The van der Waals surface area contributed by atoms with E-state index >= 15 is 0 Å². The van der Waals surface area contributed by atoms with E-state index in [1.54, 1.807) is 17.0 Å². The first-order valence-corrected chi connectivity index (χ1v) is 8.95. The van der Waals surface area contributed by atoms with Gasteiger partial charge >= 0.3 is 6.18 Å². The van der Waals surface area contributed by atoms with Crippen LogP contribution in [0.4, 0.5) is 13.2 Å². The molecule has 3 nitrogen and oxygen atoms in total. The summed E-state index contributed by atoms with van der Waals surface area (Å²) in [5, 5.41) is 3.07. The van der Waals surface area contributed by atoms with Gasteiger partial charge in [-0.3, -0.25) is 4.79 Å². The van der Waals surface area contributed by atoms with Crippen molar-refractivity contribution in [2.75, 3.05) is 13.1 Å². The molecule has 1 heterocycles. The summed E-state index contributed by atoms with van der Waals surface area (Å²) in [6.45, 7) is 2.85. The SMILES string of the molecule is CC[C@@H](CNCC(F)(F)F)N1C(=O)C(C)CCC1c1ccc(Cl)cc1. The number of benzene rings is 1. The maximum Gasteiger partial charge on any atom is 0.401 e. The van der Waals surface area contributed by atoms with E-state index in [0.717, 1.165) is 18.4 Å². The summed E-state index contributed by atoms with van der Waals surface area (Å²) < 4.78 is 37.2. The number of alkyl halides is 3. The summed E-state index contributed by atoms with van der Waals surface area (Å²) in [7, 11) is 0. The van der Waals surface area contributed by atoms with E-state index in [1.807, 2.05) is 26.0 Å². The lowest BCUT2D eigenvalue weighted by Crippen LogP contribution is -2.52. The Balaban J connectivity index is 2.19. The highest BCUT2D eigenvalue weighted by atomic mass is 35.5. The second-order valence-electron chi connectivity index (χ2n) is 6.60. The van der Waals surface area contributed by atoms with E-state index in [-0.39, 0.29) is 30.5 Å². The molecule has 0 saturated carbocycles. The molecule has 140 valence electrons. The molecule has 1 aliphatic heterocycles. The van der Waals surface area contributed by atoms with Gasteiger partial charge in [0.2, 0.25) is 5.91 Å². The number of piperidine rings is 1. The minimum atomic E-state index is -4.26. The topological polar surface area (TPSA) is 32.3 Å². The lowest BCUT2D eigenvalue weighted by Gasteiger charge is -2.43. The Kier molecular flexibility index (Phi) is 6.74. The fraction of sp³-hybridized carbons (Fsp3) is 0.611. The Morgan fingerprint density at radius 1 is 1.28 bits per heavy atom. The van der Waals surface area contributed by atoms with Crippen LogP contribution in [0.1, 0.15) is 44.7 Å². The number of hydrogen-bond donors (Lipinski definition) is 1. The van der Waals surface area contributed by atoms with Crippen molar-refractivity contribution in [2.24, 2.45) is 5.92 Å². The summed E-state index contributed by atoms with van der Waals surface area (Å²) in [5.74, 6) is -0.105. The number of halogens is 4. The summed E-state index contributed by atoms with van der Waals surface area (Å²) >= 11 is 5.94. The van der Waals surface area contributed by atoms with Crippen LogP contribution >= 0.6 is 11.6 Å². The maximum atomic E-state index is 12.8. The average Bonchev–Trinajstić information content (AvgIpc) is 2.54. The van der Waals surface area contributed by atoms with Gasteiger partial charge in [-0.2, -0.15) is 13.2 Å². The molecule has 1 fully saturated rings. The zero-order chi connectivity index (χ0) is 18.6. The third-order valence-electron chi connectivity index (χ3n) is 4.71. The Labute approximate surface area is 151 Å². The first kappa shape index (κ1) is 20.0. The van der Waals surface area contributed by atoms with Crippen molar-refractivity contribution < 1.29 is 18.0 Å². The summed E-state index contributed by atoms with van der Waals surface area (Å²) in [5.41, 5.74) is 0.971. The van der Waals surface area contributed by atoms with Crippen LogP contribution in [0.2, 0.25) is 5.02 Å².